The predicted molar refractivity (Wildman–Crippen MR) is 71.7 cm³/mol. The van der Waals surface area contributed by atoms with Gasteiger partial charge in [0.1, 0.15) is 5.75 Å². The molecule has 0 unspecified atom stereocenters. The summed E-state index contributed by atoms with van der Waals surface area (Å²) in [6.45, 7) is 0. The fraction of sp³-hybridized carbons (Fsp3) is 0.0833. The fourth-order valence-corrected chi connectivity index (χ4v) is 2.62. The maximum atomic E-state index is 11.5. The lowest BCUT2D eigenvalue weighted by Crippen LogP contribution is -2.14. The highest BCUT2D eigenvalue weighted by Crippen LogP contribution is 2.31. The topological polar surface area (TPSA) is 52.3 Å². The number of rotatable bonds is 2. The van der Waals surface area contributed by atoms with Gasteiger partial charge in [0.15, 0.2) is 0 Å². The molecule has 0 radical (unpaired) electrons. The zero-order valence-corrected chi connectivity index (χ0v) is 10.8. The minimum Gasteiger partial charge on any atom is -0.496 e. The van der Waals surface area contributed by atoms with Crippen molar-refractivity contribution in [1.29, 1.82) is 0 Å². The number of carbonyl (C=O) groups is 1. The van der Waals surface area contributed by atoms with Gasteiger partial charge in [0.25, 0.3) is 5.91 Å². The summed E-state index contributed by atoms with van der Waals surface area (Å²) in [5, 5.41) is 1.81. The number of methoxy groups -OCH3 is 1. The third-order valence-electron chi connectivity index (χ3n) is 2.42. The third kappa shape index (κ3) is 1.73. The molecule has 82 valence electrons. The number of primary amides is 1. The smallest absolute Gasteiger partial charge is 0.250 e. The molecule has 0 fully saturated rings. The molecule has 0 spiro atoms. The van der Waals surface area contributed by atoms with Crippen LogP contribution in [-0.4, -0.2) is 13.0 Å². The minimum absolute atomic E-state index is 0.431. The number of hydrogen-bond acceptors (Lipinski definition) is 2. The van der Waals surface area contributed by atoms with Gasteiger partial charge in [0.2, 0.25) is 0 Å². The molecule has 1 amide bonds. The summed E-state index contributed by atoms with van der Waals surface area (Å²) < 4.78 is 5.98. The Labute approximate surface area is 107 Å². The molecule has 0 saturated carbocycles. The summed E-state index contributed by atoms with van der Waals surface area (Å²) in [5.74, 6) is 0.243. The van der Waals surface area contributed by atoms with Gasteiger partial charge in [-0.25, -0.2) is 0 Å². The first-order valence-corrected chi connectivity index (χ1v) is 5.78. The van der Waals surface area contributed by atoms with E-state index in [2.05, 4.69) is 22.6 Å². The van der Waals surface area contributed by atoms with Crippen LogP contribution in [0, 0.1) is 3.57 Å². The molecule has 16 heavy (non-hydrogen) atoms. The summed E-state index contributed by atoms with van der Waals surface area (Å²) in [6, 6.07) is 9.53. The van der Waals surface area contributed by atoms with Crippen molar-refractivity contribution in [2.45, 2.75) is 0 Å². The Kier molecular flexibility index (Phi) is 3.00. The minimum atomic E-state index is -0.431. The maximum Gasteiger partial charge on any atom is 0.250 e. The number of ether oxygens (including phenoxy) is 1. The Hall–Kier alpha value is -1.30. The van der Waals surface area contributed by atoms with Crippen molar-refractivity contribution in [2.24, 2.45) is 5.73 Å². The number of benzene rings is 2. The monoisotopic (exact) mass is 327 g/mol. The van der Waals surface area contributed by atoms with Gasteiger partial charge in [-0.3, -0.25) is 4.79 Å². The van der Waals surface area contributed by atoms with E-state index in [1.807, 2.05) is 30.3 Å². The molecule has 4 heteroatoms. The lowest BCUT2D eigenvalue weighted by molar-refractivity contribution is 0.100. The lowest BCUT2D eigenvalue weighted by Gasteiger charge is -2.10. The fourth-order valence-electron chi connectivity index (χ4n) is 1.69. The second-order valence-electron chi connectivity index (χ2n) is 3.35. The largest absolute Gasteiger partial charge is 0.496 e. The first kappa shape index (κ1) is 11.2. The van der Waals surface area contributed by atoms with E-state index in [0.717, 1.165) is 14.3 Å². The first-order chi connectivity index (χ1) is 7.65. The van der Waals surface area contributed by atoms with Crippen LogP contribution in [0.4, 0.5) is 0 Å². The van der Waals surface area contributed by atoms with Crippen LogP contribution < -0.4 is 10.5 Å². The number of carbonyl (C=O) groups excluding carboxylic acids is 1. The van der Waals surface area contributed by atoms with Crippen molar-refractivity contribution < 1.29 is 9.53 Å². The van der Waals surface area contributed by atoms with E-state index in [1.165, 1.54) is 0 Å². The van der Waals surface area contributed by atoms with Crippen molar-refractivity contribution in [3.05, 3.63) is 39.5 Å². The van der Waals surface area contributed by atoms with Crippen molar-refractivity contribution in [3.63, 3.8) is 0 Å². The number of halogens is 1. The highest BCUT2D eigenvalue weighted by Gasteiger charge is 2.15. The van der Waals surface area contributed by atoms with E-state index in [1.54, 1.807) is 7.11 Å². The Balaban J connectivity index is 2.91. The van der Waals surface area contributed by atoms with Crippen molar-refractivity contribution in [1.82, 2.24) is 0 Å². The van der Waals surface area contributed by atoms with Gasteiger partial charge in [-0.15, -0.1) is 0 Å². The summed E-state index contributed by atoms with van der Waals surface area (Å²) in [4.78, 5) is 11.5. The Bertz CT molecular complexity index is 566. The Morgan fingerprint density at radius 1 is 1.38 bits per heavy atom. The lowest BCUT2D eigenvalue weighted by atomic mass is 10.0. The van der Waals surface area contributed by atoms with Gasteiger partial charge in [0.05, 0.1) is 16.2 Å². The molecule has 0 saturated heterocycles. The molecule has 2 N–H and O–H groups in total. The van der Waals surface area contributed by atoms with E-state index in [-0.39, 0.29) is 0 Å². The molecule has 0 aliphatic rings. The van der Waals surface area contributed by atoms with Crippen LogP contribution in [0.1, 0.15) is 10.4 Å². The van der Waals surface area contributed by atoms with Crippen LogP contribution >= 0.6 is 22.6 Å². The molecular formula is C12H10INO2. The summed E-state index contributed by atoms with van der Waals surface area (Å²) in [6.07, 6.45) is 0. The number of amides is 1. The van der Waals surface area contributed by atoms with Gasteiger partial charge >= 0.3 is 0 Å². The third-order valence-corrected chi connectivity index (χ3v) is 3.49. The average Bonchev–Trinajstić information content (AvgIpc) is 2.27. The van der Waals surface area contributed by atoms with Crippen LogP contribution in [0.3, 0.4) is 0 Å². The van der Waals surface area contributed by atoms with Gasteiger partial charge in [0, 0.05) is 0 Å². The molecule has 0 aromatic heterocycles. The SMILES string of the molecule is COc1cc2ccccc2c(C(N)=O)c1I. The zero-order chi connectivity index (χ0) is 11.7. The summed E-state index contributed by atoms with van der Waals surface area (Å²) >= 11 is 2.08. The molecular weight excluding hydrogens is 317 g/mol. The van der Waals surface area contributed by atoms with Gasteiger partial charge in [-0.1, -0.05) is 24.3 Å². The standard InChI is InChI=1S/C12H10INO2/c1-16-9-6-7-4-2-3-5-8(7)10(11(9)13)12(14)15/h2-6H,1H3,(H2,14,15). The summed E-state index contributed by atoms with van der Waals surface area (Å²) in [5.41, 5.74) is 5.93. The van der Waals surface area contributed by atoms with Crippen LogP contribution in [-0.2, 0) is 0 Å². The quantitative estimate of drug-likeness (QED) is 0.862. The Morgan fingerprint density at radius 3 is 2.69 bits per heavy atom. The molecule has 2 aromatic carbocycles. The highest BCUT2D eigenvalue weighted by molar-refractivity contribution is 14.1. The van der Waals surface area contributed by atoms with E-state index in [9.17, 15) is 4.79 Å². The predicted octanol–water partition coefficient (Wildman–Crippen LogP) is 2.55. The van der Waals surface area contributed by atoms with Crippen LogP contribution in [0.2, 0.25) is 0 Å². The van der Waals surface area contributed by atoms with Crippen molar-refractivity contribution in [3.8, 4) is 5.75 Å². The molecule has 3 nitrogen and oxygen atoms in total. The van der Waals surface area contributed by atoms with Gasteiger partial charge < -0.3 is 10.5 Å². The molecule has 0 bridgehead atoms. The number of fused-ring (bicyclic) bond motifs is 1. The molecule has 0 atom stereocenters. The molecule has 2 rings (SSSR count). The number of hydrogen-bond donors (Lipinski definition) is 1. The van der Waals surface area contributed by atoms with Crippen molar-refractivity contribution >= 4 is 39.3 Å². The molecule has 0 aliphatic carbocycles. The van der Waals surface area contributed by atoms with E-state index in [0.29, 0.717) is 11.3 Å². The number of nitrogens with two attached hydrogens (primary N) is 1. The zero-order valence-electron chi connectivity index (χ0n) is 8.66. The van der Waals surface area contributed by atoms with Gasteiger partial charge in [-0.05, 0) is 39.4 Å². The first-order valence-electron chi connectivity index (χ1n) is 4.70. The highest BCUT2D eigenvalue weighted by atomic mass is 127. The Morgan fingerprint density at radius 2 is 2.06 bits per heavy atom. The second-order valence-corrected chi connectivity index (χ2v) is 4.43. The van der Waals surface area contributed by atoms with Gasteiger partial charge in [-0.2, -0.15) is 0 Å². The second kappa shape index (κ2) is 4.29. The van der Waals surface area contributed by atoms with Crippen LogP contribution in [0.25, 0.3) is 10.8 Å². The summed E-state index contributed by atoms with van der Waals surface area (Å²) in [7, 11) is 1.58. The normalized spacial score (nSPS) is 10.4. The average molecular weight is 327 g/mol. The maximum absolute atomic E-state index is 11.5. The van der Waals surface area contributed by atoms with E-state index < -0.39 is 5.91 Å². The van der Waals surface area contributed by atoms with Crippen LogP contribution in [0.5, 0.6) is 5.75 Å². The van der Waals surface area contributed by atoms with E-state index >= 15 is 0 Å². The van der Waals surface area contributed by atoms with E-state index in [4.69, 9.17) is 10.5 Å². The molecule has 2 aromatic rings. The van der Waals surface area contributed by atoms with Crippen LogP contribution in [0.15, 0.2) is 30.3 Å². The molecule has 0 heterocycles. The molecule has 0 aliphatic heterocycles. The van der Waals surface area contributed by atoms with Crippen molar-refractivity contribution in [2.75, 3.05) is 7.11 Å².